The lowest BCUT2D eigenvalue weighted by Crippen LogP contribution is -2.43. The number of esters is 2. The first kappa shape index (κ1) is 24.9. The fraction of sp³-hybridized carbons (Fsp3) is 0.840. The van der Waals surface area contributed by atoms with Crippen LogP contribution in [-0.4, -0.2) is 36.4 Å². The van der Waals surface area contributed by atoms with Crippen LogP contribution in [0.5, 0.6) is 0 Å². The standard InChI is InChI=1S/C25H42O5/c1-17(14-23(28)29-16-20(15-26)30-19(3)27)11-13-25(6)18(2)9-10-21-22(25)8-7-12-24(21,4)5/h8,17-18,20-21,26H,7,9-16H2,1-6H3/t17?,18-,20+,21-,25-/m0/s1. The summed E-state index contributed by atoms with van der Waals surface area (Å²) in [6, 6.07) is 0. The van der Waals surface area contributed by atoms with Crippen LogP contribution in [0.2, 0.25) is 0 Å². The maximum atomic E-state index is 12.2. The predicted octanol–water partition coefficient (Wildman–Crippen LogP) is 5.06. The van der Waals surface area contributed by atoms with Gasteiger partial charge in [0.2, 0.25) is 0 Å². The SMILES string of the molecule is CC(=O)O[C@H](CO)COC(=O)CC(C)CC[C@]1(C)C2=CCCC(C)(C)[C@H]2CC[C@@H]1C. The summed E-state index contributed by atoms with van der Waals surface area (Å²) in [5, 5.41) is 9.21. The second-order valence-corrected chi connectivity index (χ2v) is 10.6. The lowest BCUT2D eigenvalue weighted by Gasteiger charge is -2.53. The largest absolute Gasteiger partial charge is 0.462 e. The molecule has 0 heterocycles. The summed E-state index contributed by atoms with van der Waals surface area (Å²) in [4.78, 5) is 23.2. The van der Waals surface area contributed by atoms with Gasteiger partial charge in [0.1, 0.15) is 6.61 Å². The molecule has 172 valence electrons. The Labute approximate surface area is 182 Å². The molecular formula is C25H42O5. The fourth-order valence-electron chi connectivity index (χ4n) is 5.46. The molecule has 1 saturated carbocycles. The Balaban J connectivity index is 1.89. The van der Waals surface area contributed by atoms with Gasteiger partial charge in [-0.05, 0) is 67.1 Å². The number of carbonyl (C=O) groups is 2. The topological polar surface area (TPSA) is 72.8 Å². The Morgan fingerprint density at radius 2 is 1.97 bits per heavy atom. The molecule has 2 aliphatic rings. The van der Waals surface area contributed by atoms with Crippen LogP contribution in [0.3, 0.4) is 0 Å². The van der Waals surface area contributed by atoms with E-state index in [1.54, 1.807) is 5.57 Å². The van der Waals surface area contributed by atoms with Gasteiger partial charge in [0.15, 0.2) is 6.10 Å². The molecule has 5 heteroatoms. The highest BCUT2D eigenvalue weighted by molar-refractivity contribution is 5.69. The summed E-state index contributed by atoms with van der Waals surface area (Å²) in [5.74, 6) is 0.768. The molecule has 0 radical (unpaired) electrons. The maximum absolute atomic E-state index is 12.2. The van der Waals surface area contributed by atoms with Gasteiger partial charge in [0.25, 0.3) is 0 Å². The Morgan fingerprint density at radius 3 is 2.60 bits per heavy atom. The summed E-state index contributed by atoms with van der Waals surface area (Å²) < 4.78 is 10.1. The summed E-state index contributed by atoms with van der Waals surface area (Å²) in [7, 11) is 0. The number of aliphatic hydroxyl groups is 1. The monoisotopic (exact) mass is 422 g/mol. The second-order valence-electron chi connectivity index (χ2n) is 10.6. The van der Waals surface area contributed by atoms with Crippen LogP contribution in [-0.2, 0) is 19.1 Å². The Morgan fingerprint density at radius 1 is 1.27 bits per heavy atom. The van der Waals surface area contributed by atoms with Crippen molar-refractivity contribution in [2.45, 2.75) is 92.6 Å². The molecule has 30 heavy (non-hydrogen) atoms. The molecule has 5 nitrogen and oxygen atoms in total. The maximum Gasteiger partial charge on any atom is 0.306 e. The zero-order valence-electron chi connectivity index (χ0n) is 19.8. The van der Waals surface area contributed by atoms with Crippen molar-refractivity contribution in [2.75, 3.05) is 13.2 Å². The molecule has 0 saturated heterocycles. The van der Waals surface area contributed by atoms with Crippen LogP contribution in [0.15, 0.2) is 11.6 Å². The minimum Gasteiger partial charge on any atom is -0.462 e. The number of ether oxygens (including phenoxy) is 2. The summed E-state index contributed by atoms with van der Waals surface area (Å²) >= 11 is 0. The number of fused-ring (bicyclic) bond motifs is 1. The summed E-state index contributed by atoms with van der Waals surface area (Å²) in [6.07, 6.45) is 9.17. The molecule has 0 aromatic carbocycles. The van der Waals surface area contributed by atoms with Crippen LogP contribution in [0.4, 0.5) is 0 Å². The van der Waals surface area contributed by atoms with Crippen LogP contribution < -0.4 is 0 Å². The zero-order chi connectivity index (χ0) is 22.5. The van der Waals surface area contributed by atoms with Gasteiger partial charge < -0.3 is 14.6 Å². The highest BCUT2D eigenvalue weighted by Crippen LogP contribution is 2.58. The smallest absolute Gasteiger partial charge is 0.306 e. The number of allylic oxidation sites excluding steroid dienone is 2. The Hall–Kier alpha value is -1.36. The first-order valence-corrected chi connectivity index (χ1v) is 11.6. The van der Waals surface area contributed by atoms with Crippen molar-refractivity contribution in [1.82, 2.24) is 0 Å². The van der Waals surface area contributed by atoms with Gasteiger partial charge in [0.05, 0.1) is 6.61 Å². The van der Waals surface area contributed by atoms with Gasteiger partial charge in [-0.25, -0.2) is 0 Å². The highest BCUT2D eigenvalue weighted by Gasteiger charge is 2.47. The van der Waals surface area contributed by atoms with E-state index in [4.69, 9.17) is 9.47 Å². The van der Waals surface area contributed by atoms with Crippen molar-refractivity contribution in [2.24, 2.45) is 28.6 Å². The molecule has 0 bridgehead atoms. The summed E-state index contributed by atoms with van der Waals surface area (Å²) in [5.41, 5.74) is 2.25. The molecule has 2 rings (SSSR count). The van der Waals surface area contributed by atoms with Crippen molar-refractivity contribution >= 4 is 11.9 Å². The normalized spacial score (nSPS) is 29.9. The molecule has 2 aliphatic carbocycles. The van der Waals surface area contributed by atoms with Gasteiger partial charge in [0, 0.05) is 13.3 Å². The minimum atomic E-state index is -0.790. The third kappa shape index (κ3) is 6.09. The van der Waals surface area contributed by atoms with Crippen molar-refractivity contribution in [3.8, 4) is 0 Å². The van der Waals surface area contributed by atoms with Gasteiger partial charge >= 0.3 is 11.9 Å². The van der Waals surface area contributed by atoms with Crippen molar-refractivity contribution in [3.05, 3.63) is 11.6 Å². The fourth-order valence-corrected chi connectivity index (χ4v) is 5.46. The number of rotatable bonds is 9. The van der Waals surface area contributed by atoms with Gasteiger partial charge in [-0.2, -0.15) is 0 Å². The number of aliphatic hydroxyl groups excluding tert-OH is 1. The average molecular weight is 423 g/mol. The van der Waals surface area contributed by atoms with E-state index >= 15 is 0 Å². The summed E-state index contributed by atoms with van der Waals surface area (Å²) in [6.45, 7) is 12.6. The second kappa shape index (κ2) is 10.3. The molecule has 1 fully saturated rings. The lowest BCUT2D eigenvalue weighted by molar-refractivity contribution is -0.160. The van der Waals surface area contributed by atoms with Crippen molar-refractivity contribution in [1.29, 1.82) is 0 Å². The lowest BCUT2D eigenvalue weighted by atomic mass is 9.52. The van der Waals surface area contributed by atoms with Crippen LogP contribution >= 0.6 is 0 Å². The molecule has 0 spiro atoms. The molecule has 0 aromatic heterocycles. The number of hydrogen-bond donors (Lipinski definition) is 1. The predicted molar refractivity (Wildman–Crippen MR) is 118 cm³/mol. The third-order valence-electron chi connectivity index (χ3n) is 7.75. The molecule has 5 atom stereocenters. The van der Waals surface area contributed by atoms with Crippen LogP contribution in [0, 0.1) is 28.6 Å². The van der Waals surface area contributed by atoms with Gasteiger partial charge in [-0.3, -0.25) is 9.59 Å². The molecule has 1 unspecified atom stereocenters. The average Bonchev–Trinajstić information content (AvgIpc) is 2.66. The molecule has 1 N–H and O–H groups in total. The quantitative estimate of drug-likeness (QED) is 0.415. The van der Waals surface area contributed by atoms with Crippen LogP contribution in [0.1, 0.15) is 86.5 Å². The van der Waals surface area contributed by atoms with E-state index in [9.17, 15) is 14.7 Å². The third-order valence-corrected chi connectivity index (χ3v) is 7.75. The van der Waals surface area contributed by atoms with Crippen LogP contribution in [0.25, 0.3) is 0 Å². The van der Waals surface area contributed by atoms with Crippen molar-refractivity contribution in [3.63, 3.8) is 0 Å². The Bertz CT molecular complexity index is 637. The minimum absolute atomic E-state index is 0.0972. The molecule has 0 aromatic rings. The Kier molecular flexibility index (Phi) is 8.55. The molecule has 0 aliphatic heterocycles. The zero-order valence-corrected chi connectivity index (χ0v) is 19.8. The van der Waals surface area contributed by atoms with Gasteiger partial charge in [-0.1, -0.05) is 46.3 Å². The van der Waals surface area contributed by atoms with E-state index in [0.717, 1.165) is 12.8 Å². The molecule has 0 amide bonds. The van der Waals surface area contributed by atoms with E-state index in [0.29, 0.717) is 23.7 Å². The first-order valence-electron chi connectivity index (χ1n) is 11.6. The number of carbonyl (C=O) groups excluding carboxylic acids is 2. The molecular weight excluding hydrogens is 380 g/mol. The number of hydrogen-bond acceptors (Lipinski definition) is 5. The van der Waals surface area contributed by atoms with Gasteiger partial charge in [-0.15, -0.1) is 0 Å². The van der Waals surface area contributed by atoms with E-state index < -0.39 is 12.1 Å². The first-order chi connectivity index (χ1) is 14.0. The van der Waals surface area contributed by atoms with E-state index in [2.05, 4.69) is 40.7 Å². The van der Waals surface area contributed by atoms with E-state index in [-0.39, 0.29) is 30.5 Å². The van der Waals surface area contributed by atoms with Crippen molar-refractivity contribution < 1.29 is 24.2 Å². The van der Waals surface area contributed by atoms with E-state index in [1.807, 2.05) is 0 Å². The van der Waals surface area contributed by atoms with E-state index in [1.165, 1.54) is 32.6 Å². The highest BCUT2D eigenvalue weighted by atomic mass is 16.6.